The summed E-state index contributed by atoms with van der Waals surface area (Å²) < 4.78 is 57.4. The SMILES string of the molecule is CCN(CC)CC.CCN(CC)CC.CCN(CC)CC.CONc1ccn([C@]23C[C@H]2[C@H](COP(=O)(O)OP(=O)(O)OP(=O)(O)OC[C@@]24C[C@@H]2[C@@H](n2ccc(=O)[nH]c2=O)[C@H](O)[C@@H]4O)[C@@H](O)[C@H]3O)c(=O)n1. The lowest BCUT2D eigenvalue weighted by molar-refractivity contribution is -0.0307. The first-order valence-electron chi connectivity index (χ1n) is 23.6. The first-order chi connectivity index (χ1) is 32.8. The topological polar surface area (TPSA) is 350 Å². The fourth-order valence-corrected chi connectivity index (χ4v) is 13.0. The number of aromatic amines is 1. The van der Waals surface area contributed by atoms with Crippen LogP contribution >= 0.6 is 23.5 Å². The highest BCUT2D eigenvalue weighted by atomic mass is 31.3. The van der Waals surface area contributed by atoms with E-state index in [-0.39, 0.29) is 18.7 Å². The molecule has 70 heavy (non-hydrogen) atoms. The number of hydrogen-bond donors (Lipinski definition) is 9. The van der Waals surface area contributed by atoms with Gasteiger partial charge in [-0.15, -0.1) is 0 Å². The van der Waals surface area contributed by atoms with Crippen LogP contribution in [0.25, 0.3) is 0 Å². The van der Waals surface area contributed by atoms with E-state index < -0.39 is 113 Å². The number of anilines is 1. The van der Waals surface area contributed by atoms with Gasteiger partial charge in [-0.1, -0.05) is 62.3 Å². The maximum absolute atomic E-state index is 12.6. The predicted octanol–water partition coefficient (Wildman–Crippen LogP) is 1.53. The first-order valence-corrected chi connectivity index (χ1v) is 28.1. The number of rotatable bonds is 23. The average Bonchev–Trinajstić information content (AvgIpc) is 4.19. The Morgan fingerprint density at radius 2 is 1.20 bits per heavy atom. The van der Waals surface area contributed by atoms with Crippen LogP contribution in [0.3, 0.4) is 0 Å². The number of phosphoric ester groups is 2. The van der Waals surface area contributed by atoms with Crippen molar-refractivity contribution in [3.05, 3.63) is 55.8 Å². The van der Waals surface area contributed by atoms with Crippen molar-refractivity contribution in [3.8, 4) is 0 Å². The molecule has 4 fully saturated rings. The van der Waals surface area contributed by atoms with Gasteiger partial charge in [0, 0.05) is 29.8 Å². The molecule has 4 aliphatic carbocycles. The maximum Gasteiger partial charge on any atom is 0.490 e. The Balaban J connectivity index is 0.000000514. The Morgan fingerprint density at radius 3 is 1.64 bits per heavy atom. The lowest BCUT2D eigenvalue weighted by Crippen LogP contribution is -2.43. The fraction of sp³-hybridized carbons (Fsp3) is 0.805. The molecule has 13 atom stereocenters. The summed E-state index contributed by atoms with van der Waals surface area (Å²) >= 11 is 0. The second kappa shape index (κ2) is 26.6. The molecule has 0 radical (unpaired) electrons. The van der Waals surface area contributed by atoms with E-state index in [9.17, 15) is 63.2 Å². The van der Waals surface area contributed by atoms with Gasteiger partial charge in [0.25, 0.3) is 5.56 Å². The summed E-state index contributed by atoms with van der Waals surface area (Å²) in [5.41, 5.74) is -2.77. The zero-order valence-corrected chi connectivity index (χ0v) is 44.5. The minimum atomic E-state index is -5.92. The van der Waals surface area contributed by atoms with Crippen molar-refractivity contribution in [1.29, 1.82) is 0 Å². The Labute approximate surface area is 408 Å². The lowest BCUT2D eigenvalue weighted by Gasteiger charge is -2.25. The van der Waals surface area contributed by atoms with Gasteiger partial charge >= 0.3 is 34.8 Å². The van der Waals surface area contributed by atoms with E-state index in [4.69, 9.17) is 9.05 Å². The number of aliphatic hydroxyl groups excluding tert-OH is 4. The summed E-state index contributed by atoms with van der Waals surface area (Å²) in [7, 11) is -15.8. The fourth-order valence-electron chi connectivity index (χ4n) is 9.34. The molecule has 9 N–H and O–H groups in total. The van der Waals surface area contributed by atoms with Crippen LogP contribution in [0.5, 0.6) is 0 Å². The molecule has 29 heteroatoms. The Kier molecular flexibility index (Phi) is 23.5. The van der Waals surface area contributed by atoms with Crippen LogP contribution in [-0.2, 0) is 41.7 Å². The van der Waals surface area contributed by atoms with Crippen LogP contribution in [0.1, 0.15) is 81.2 Å². The van der Waals surface area contributed by atoms with Gasteiger partial charge in [-0.3, -0.25) is 32.8 Å². The van der Waals surface area contributed by atoms with Gasteiger partial charge < -0.3 is 49.8 Å². The Bertz CT molecular complexity index is 2240. The molecule has 2 heterocycles. The van der Waals surface area contributed by atoms with Crippen molar-refractivity contribution >= 4 is 29.3 Å². The molecule has 0 aliphatic heterocycles. The third-order valence-electron chi connectivity index (χ3n) is 13.7. The standard InChI is InChI=1S/C23H32N5O18P3.3C6H15N/c1-42-26-13-2-5-28(21(35)24-13)23-7-11(23)10(16(30)19(23)33)8-43-47(36,37)45-49(40,41)46-48(38,39)44-9-22-6-12(22)15(17(31)18(22)32)27-4-3-14(29)25-20(27)34;3*1-4-7(5-2)6-3/h2-5,10-12,15-19,30-33H,6-9H2,1H3,(H,36,37)(H,38,39)(H,40,41)(H,24,26,35)(H,25,29,34);3*4-6H2,1-3H3/t10-,11-,12+,15+,16+,17-,18-,19+,22-,23+;;;/m0.../s1. The van der Waals surface area contributed by atoms with Crippen LogP contribution in [-0.4, -0.2) is 173 Å². The van der Waals surface area contributed by atoms with Crippen LogP contribution in [0.15, 0.2) is 38.9 Å². The molecule has 0 bridgehead atoms. The molecule has 0 saturated heterocycles. The molecular weight excluding hydrogens is 985 g/mol. The number of hydrogen-bond acceptors (Lipinski definition) is 20. The van der Waals surface area contributed by atoms with E-state index in [0.29, 0.717) is 0 Å². The summed E-state index contributed by atoms with van der Waals surface area (Å²) in [4.78, 5) is 84.0. The van der Waals surface area contributed by atoms with Crippen LogP contribution in [0.2, 0.25) is 0 Å². The van der Waals surface area contributed by atoms with Crippen molar-refractivity contribution in [2.24, 2.45) is 23.2 Å². The van der Waals surface area contributed by atoms with E-state index in [0.717, 1.165) is 21.4 Å². The summed E-state index contributed by atoms with van der Waals surface area (Å²) in [6.07, 6.45) is -3.75. The minimum Gasteiger partial charge on any atom is -0.390 e. The molecule has 6 rings (SSSR count). The van der Waals surface area contributed by atoms with Crippen molar-refractivity contribution in [3.63, 3.8) is 0 Å². The third-order valence-corrected chi connectivity index (χ3v) is 17.9. The van der Waals surface area contributed by atoms with Gasteiger partial charge in [0.05, 0.1) is 44.1 Å². The number of aromatic nitrogens is 4. The summed E-state index contributed by atoms with van der Waals surface area (Å²) in [6.45, 7) is 28.7. The number of fused-ring (bicyclic) bond motifs is 2. The molecule has 3 unspecified atom stereocenters. The van der Waals surface area contributed by atoms with E-state index in [1.165, 1.54) is 78.3 Å². The van der Waals surface area contributed by atoms with E-state index in [2.05, 4.69) is 101 Å². The van der Waals surface area contributed by atoms with Crippen molar-refractivity contribution in [2.75, 3.05) is 84.7 Å². The van der Waals surface area contributed by atoms with Gasteiger partial charge in [-0.25, -0.2) is 28.8 Å². The largest absolute Gasteiger partial charge is 0.490 e. The summed E-state index contributed by atoms with van der Waals surface area (Å²) in [5.74, 6) is -2.42. The number of nitrogens with one attached hydrogen (secondary N) is 2. The molecule has 4 aliphatic rings. The van der Waals surface area contributed by atoms with Crippen molar-refractivity contribution < 1.29 is 71.3 Å². The van der Waals surface area contributed by atoms with Crippen LogP contribution in [0.4, 0.5) is 5.82 Å². The first kappa shape index (κ1) is 61.7. The Hall–Kier alpha value is -2.55. The van der Waals surface area contributed by atoms with Crippen molar-refractivity contribution in [1.82, 2.24) is 33.8 Å². The number of phosphoric acid groups is 3. The predicted molar refractivity (Wildman–Crippen MR) is 258 cm³/mol. The van der Waals surface area contributed by atoms with E-state index >= 15 is 0 Å². The van der Waals surface area contributed by atoms with Crippen LogP contribution in [0, 0.1) is 23.2 Å². The van der Waals surface area contributed by atoms with Crippen LogP contribution < -0.4 is 22.4 Å². The lowest BCUT2D eigenvalue weighted by atomic mass is 10.0. The smallest absolute Gasteiger partial charge is 0.390 e. The normalized spacial score (nSPS) is 29.8. The molecule has 4 saturated carbocycles. The zero-order chi connectivity index (χ0) is 53.0. The number of H-pyrrole nitrogens is 1. The molecule has 0 amide bonds. The van der Waals surface area contributed by atoms with E-state index in [1.54, 1.807) is 0 Å². The molecular formula is C41H77N8O18P3. The summed E-state index contributed by atoms with van der Waals surface area (Å²) in [5, 5.41) is 42.6. The second-order valence-corrected chi connectivity index (χ2v) is 21.8. The third kappa shape index (κ3) is 15.3. The monoisotopic (exact) mass is 1060 g/mol. The average molecular weight is 1060 g/mol. The van der Waals surface area contributed by atoms with Gasteiger partial charge in [-0.05, 0) is 89.6 Å². The van der Waals surface area contributed by atoms with Gasteiger partial charge in [0.2, 0.25) is 0 Å². The second-order valence-electron chi connectivity index (χ2n) is 17.2. The maximum atomic E-state index is 12.6. The van der Waals surface area contributed by atoms with Crippen molar-refractivity contribution in [2.45, 2.75) is 111 Å². The minimum absolute atomic E-state index is 0.0555. The molecule has 2 aromatic rings. The van der Waals surface area contributed by atoms with Gasteiger partial charge in [0.15, 0.2) is 5.82 Å². The number of aliphatic hydroxyl groups is 4. The quantitative estimate of drug-likeness (QED) is 0.0563. The molecule has 404 valence electrons. The van der Waals surface area contributed by atoms with Gasteiger partial charge in [0.1, 0.15) is 12.2 Å². The molecule has 26 nitrogen and oxygen atoms in total. The van der Waals surface area contributed by atoms with Gasteiger partial charge in [-0.2, -0.15) is 13.6 Å². The van der Waals surface area contributed by atoms with E-state index in [1.807, 2.05) is 4.98 Å². The Morgan fingerprint density at radius 1 is 0.700 bits per heavy atom. The zero-order valence-electron chi connectivity index (χ0n) is 41.8. The summed E-state index contributed by atoms with van der Waals surface area (Å²) in [6, 6.07) is 1.31. The molecule has 0 spiro atoms. The highest BCUT2D eigenvalue weighted by molar-refractivity contribution is 7.66. The molecule has 2 aromatic heterocycles. The number of nitrogens with zero attached hydrogens (tertiary/aromatic N) is 6. The highest BCUT2D eigenvalue weighted by Gasteiger charge is 2.73. The highest BCUT2D eigenvalue weighted by Crippen LogP contribution is 2.72. The molecule has 0 aromatic carbocycles.